The molecule has 0 spiro atoms. The summed E-state index contributed by atoms with van der Waals surface area (Å²) in [7, 11) is 0. The molecule has 0 saturated heterocycles. The Kier molecular flexibility index (Phi) is 6.80. The summed E-state index contributed by atoms with van der Waals surface area (Å²) in [5, 5.41) is 10.2. The van der Waals surface area contributed by atoms with Crippen LogP contribution in [0.3, 0.4) is 0 Å². The van der Waals surface area contributed by atoms with Crippen LogP contribution in [0.25, 0.3) is 0 Å². The number of benzene rings is 1. The minimum Gasteiger partial charge on any atom is -0.391 e. The molecule has 3 N–H and O–H groups in total. The predicted octanol–water partition coefficient (Wildman–Crippen LogP) is 3.30. The molecule has 1 rings (SSSR count). The van der Waals surface area contributed by atoms with Gasteiger partial charge in [-0.25, -0.2) is 0 Å². The zero-order valence-electron chi connectivity index (χ0n) is 8.28. The number of aliphatic hydroxyl groups is 1. The molecular weight excluding hydrogens is 301 g/mol. The molecule has 0 aliphatic carbocycles. The summed E-state index contributed by atoms with van der Waals surface area (Å²) in [4.78, 5) is 0. The molecule has 0 aliphatic heterocycles. The van der Waals surface area contributed by atoms with Crippen molar-refractivity contribution in [1.82, 2.24) is 0 Å². The van der Waals surface area contributed by atoms with Gasteiger partial charge >= 0.3 is 0 Å². The van der Waals surface area contributed by atoms with E-state index in [-0.39, 0.29) is 18.4 Å². The van der Waals surface area contributed by atoms with Crippen molar-refractivity contribution in [3.63, 3.8) is 0 Å². The highest BCUT2D eigenvalue weighted by Crippen LogP contribution is 2.26. The largest absolute Gasteiger partial charge is 0.391 e. The quantitative estimate of drug-likeness (QED) is 0.899. The first-order chi connectivity index (χ1) is 6.56. The number of hydrogen-bond acceptors (Lipinski definition) is 2. The molecule has 2 nitrogen and oxygen atoms in total. The lowest BCUT2D eigenvalue weighted by Gasteiger charge is -2.17. The molecule has 0 saturated carbocycles. The monoisotopic (exact) mass is 313 g/mol. The van der Waals surface area contributed by atoms with E-state index in [1.54, 1.807) is 6.07 Å². The number of aliphatic hydroxyl groups excluding tert-OH is 1. The van der Waals surface area contributed by atoms with Gasteiger partial charge in [-0.05, 0) is 40.0 Å². The molecule has 0 bridgehead atoms. The lowest BCUT2D eigenvalue weighted by molar-refractivity contribution is 0.140. The second-order valence-electron chi connectivity index (χ2n) is 3.17. The fourth-order valence-electron chi connectivity index (χ4n) is 1.20. The van der Waals surface area contributed by atoms with Gasteiger partial charge in [0, 0.05) is 4.47 Å². The summed E-state index contributed by atoms with van der Waals surface area (Å²) >= 11 is 9.16. The van der Waals surface area contributed by atoms with Gasteiger partial charge in [0.2, 0.25) is 0 Å². The zero-order valence-corrected chi connectivity index (χ0v) is 11.4. The average Bonchev–Trinajstić information content (AvgIpc) is 2.20. The van der Waals surface area contributed by atoms with Crippen molar-refractivity contribution in [1.29, 1.82) is 0 Å². The van der Waals surface area contributed by atoms with Gasteiger partial charge in [-0.15, -0.1) is 12.4 Å². The van der Waals surface area contributed by atoms with Crippen molar-refractivity contribution in [2.45, 2.75) is 25.5 Å². The van der Waals surface area contributed by atoms with Gasteiger partial charge in [0.05, 0.1) is 17.2 Å². The highest BCUT2D eigenvalue weighted by Gasteiger charge is 2.15. The first kappa shape index (κ1) is 15.2. The first-order valence-corrected chi connectivity index (χ1v) is 5.62. The van der Waals surface area contributed by atoms with Gasteiger partial charge < -0.3 is 10.8 Å². The number of halogens is 3. The third-order valence-corrected chi connectivity index (χ3v) is 3.38. The standard InChI is InChI=1S/C10H13BrClNO.ClH/c1-2-9(14)10(13)6-3-4-8(12)7(11)5-6;/h3-5,9-10,14H,2,13H2,1H3;1H/t9-,10+;/m1./s1. The zero-order chi connectivity index (χ0) is 10.7. The van der Waals surface area contributed by atoms with Gasteiger partial charge in [0.15, 0.2) is 0 Å². The van der Waals surface area contributed by atoms with Crippen molar-refractivity contribution < 1.29 is 5.11 Å². The predicted molar refractivity (Wildman–Crippen MR) is 69.6 cm³/mol. The van der Waals surface area contributed by atoms with Crippen LogP contribution in [0.1, 0.15) is 24.9 Å². The first-order valence-electron chi connectivity index (χ1n) is 4.44. The Hall–Kier alpha value is 0.200. The van der Waals surface area contributed by atoms with Crippen LogP contribution in [-0.2, 0) is 0 Å². The molecule has 0 radical (unpaired) electrons. The van der Waals surface area contributed by atoms with Crippen molar-refractivity contribution in [2.24, 2.45) is 5.73 Å². The lowest BCUT2D eigenvalue weighted by atomic mass is 10.0. The molecule has 0 aromatic heterocycles. The SMILES string of the molecule is CC[C@@H](O)[C@@H](N)c1ccc(Cl)c(Br)c1.Cl. The van der Waals surface area contributed by atoms with Crippen LogP contribution < -0.4 is 5.73 Å². The summed E-state index contributed by atoms with van der Waals surface area (Å²) in [5.74, 6) is 0. The van der Waals surface area contributed by atoms with Gasteiger partial charge in [0.1, 0.15) is 0 Å². The maximum absolute atomic E-state index is 9.57. The van der Waals surface area contributed by atoms with E-state index in [9.17, 15) is 5.11 Å². The van der Waals surface area contributed by atoms with E-state index in [0.717, 1.165) is 10.0 Å². The Labute approximate surface area is 109 Å². The number of hydrogen-bond donors (Lipinski definition) is 2. The Balaban J connectivity index is 0.00000196. The summed E-state index contributed by atoms with van der Waals surface area (Å²) in [6, 6.07) is 5.08. The molecule has 0 amide bonds. The van der Waals surface area contributed by atoms with E-state index < -0.39 is 6.10 Å². The van der Waals surface area contributed by atoms with E-state index in [4.69, 9.17) is 17.3 Å². The number of nitrogens with two attached hydrogens (primary N) is 1. The Morgan fingerprint density at radius 2 is 2.13 bits per heavy atom. The van der Waals surface area contributed by atoms with E-state index in [0.29, 0.717) is 11.4 Å². The highest BCUT2D eigenvalue weighted by molar-refractivity contribution is 9.10. The Bertz CT molecular complexity index is 322. The van der Waals surface area contributed by atoms with Crippen molar-refractivity contribution in [3.8, 4) is 0 Å². The van der Waals surface area contributed by atoms with Crippen LogP contribution in [0.15, 0.2) is 22.7 Å². The Morgan fingerprint density at radius 3 is 2.60 bits per heavy atom. The molecule has 0 unspecified atom stereocenters. The maximum Gasteiger partial charge on any atom is 0.0730 e. The fraction of sp³-hybridized carbons (Fsp3) is 0.400. The third kappa shape index (κ3) is 3.93. The van der Waals surface area contributed by atoms with Crippen LogP contribution in [0.2, 0.25) is 5.02 Å². The van der Waals surface area contributed by atoms with E-state index >= 15 is 0 Å². The van der Waals surface area contributed by atoms with Crippen LogP contribution in [0.4, 0.5) is 0 Å². The van der Waals surface area contributed by atoms with Crippen LogP contribution in [-0.4, -0.2) is 11.2 Å². The summed E-state index contributed by atoms with van der Waals surface area (Å²) in [6.07, 6.45) is 0.129. The molecule has 0 heterocycles. The third-order valence-electron chi connectivity index (χ3n) is 2.16. The summed E-state index contributed by atoms with van der Waals surface area (Å²) in [5.41, 5.74) is 6.74. The lowest BCUT2D eigenvalue weighted by Crippen LogP contribution is -2.25. The van der Waals surface area contributed by atoms with Gasteiger partial charge in [-0.3, -0.25) is 0 Å². The van der Waals surface area contributed by atoms with Crippen LogP contribution in [0, 0.1) is 0 Å². The minimum absolute atomic E-state index is 0. The van der Waals surface area contributed by atoms with Crippen molar-refractivity contribution in [2.75, 3.05) is 0 Å². The Morgan fingerprint density at radius 1 is 1.53 bits per heavy atom. The van der Waals surface area contributed by atoms with Crippen LogP contribution in [0.5, 0.6) is 0 Å². The summed E-state index contributed by atoms with van der Waals surface area (Å²) in [6.45, 7) is 1.90. The molecule has 1 aromatic rings. The van der Waals surface area contributed by atoms with Crippen molar-refractivity contribution in [3.05, 3.63) is 33.3 Å². The molecule has 1 aromatic carbocycles. The number of rotatable bonds is 3. The molecular formula is C10H14BrCl2NO. The van der Waals surface area contributed by atoms with Crippen molar-refractivity contribution >= 4 is 39.9 Å². The highest BCUT2D eigenvalue weighted by atomic mass is 79.9. The smallest absolute Gasteiger partial charge is 0.0730 e. The normalized spacial score (nSPS) is 14.2. The second kappa shape index (κ2) is 6.71. The van der Waals surface area contributed by atoms with Gasteiger partial charge in [-0.1, -0.05) is 24.6 Å². The average molecular weight is 315 g/mol. The molecule has 0 aliphatic rings. The molecule has 86 valence electrons. The molecule has 2 atom stereocenters. The van der Waals surface area contributed by atoms with E-state index in [1.165, 1.54) is 0 Å². The van der Waals surface area contributed by atoms with Gasteiger partial charge in [0.25, 0.3) is 0 Å². The van der Waals surface area contributed by atoms with Gasteiger partial charge in [-0.2, -0.15) is 0 Å². The van der Waals surface area contributed by atoms with E-state index in [2.05, 4.69) is 15.9 Å². The summed E-state index contributed by atoms with van der Waals surface area (Å²) < 4.78 is 0.801. The molecule has 5 heteroatoms. The van der Waals surface area contributed by atoms with E-state index in [1.807, 2.05) is 19.1 Å². The maximum atomic E-state index is 9.57. The van der Waals surface area contributed by atoms with Crippen LogP contribution >= 0.6 is 39.9 Å². The fourth-order valence-corrected chi connectivity index (χ4v) is 1.71. The second-order valence-corrected chi connectivity index (χ2v) is 4.44. The molecule has 0 fully saturated rings. The topological polar surface area (TPSA) is 46.2 Å². The molecule has 15 heavy (non-hydrogen) atoms. The minimum atomic E-state index is -0.511.